The number of hydrogen-bond acceptors (Lipinski definition) is 4. The van der Waals surface area contributed by atoms with Crippen molar-refractivity contribution < 1.29 is 19.1 Å². The number of fused-ring (bicyclic) bond motifs is 1. The highest BCUT2D eigenvalue weighted by atomic mass is 16.7. The summed E-state index contributed by atoms with van der Waals surface area (Å²) in [6.07, 6.45) is 7.88. The summed E-state index contributed by atoms with van der Waals surface area (Å²) >= 11 is 0. The first-order valence-corrected chi connectivity index (χ1v) is 10.7. The fraction of sp³-hybridized carbons (Fsp3) is 0.417. The molecular formula is C24H28N2O4. The van der Waals surface area contributed by atoms with Crippen LogP contribution in [-0.2, 0) is 4.79 Å². The lowest BCUT2D eigenvalue weighted by atomic mass is 9.86. The van der Waals surface area contributed by atoms with Gasteiger partial charge in [0.1, 0.15) is 0 Å². The van der Waals surface area contributed by atoms with Gasteiger partial charge in [0.15, 0.2) is 11.5 Å². The third kappa shape index (κ3) is 4.93. The molecule has 1 aliphatic heterocycles. The van der Waals surface area contributed by atoms with Crippen molar-refractivity contribution in [2.45, 2.75) is 51.9 Å². The van der Waals surface area contributed by atoms with Crippen LogP contribution >= 0.6 is 0 Å². The maximum Gasteiger partial charge on any atom is 0.255 e. The molecule has 0 unspecified atom stereocenters. The largest absolute Gasteiger partial charge is 0.454 e. The van der Waals surface area contributed by atoms with Crippen molar-refractivity contribution in [1.29, 1.82) is 0 Å². The summed E-state index contributed by atoms with van der Waals surface area (Å²) in [5.74, 6) is 1.67. The summed E-state index contributed by atoms with van der Waals surface area (Å²) in [5.41, 5.74) is 2.77. The first-order chi connectivity index (χ1) is 14.6. The molecule has 1 heterocycles. The topological polar surface area (TPSA) is 76.7 Å². The number of amides is 2. The molecule has 0 atom stereocenters. The Kier molecular flexibility index (Phi) is 6.21. The van der Waals surface area contributed by atoms with E-state index in [1.807, 2.05) is 19.1 Å². The number of anilines is 2. The first-order valence-electron chi connectivity index (χ1n) is 10.7. The summed E-state index contributed by atoms with van der Waals surface area (Å²) in [7, 11) is 0. The zero-order chi connectivity index (χ0) is 20.9. The minimum absolute atomic E-state index is 0.0254. The molecule has 4 rings (SSSR count). The molecule has 1 aliphatic carbocycles. The van der Waals surface area contributed by atoms with Crippen LogP contribution < -0.4 is 20.1 Å². The molecule has 0 radical (unpaired) electrons. The molecule has 0 bridgehead atoms. The van der Waals surface area contributed by atoms with E-state index in [1.54, 1.807) is 24.3 Å². The molecule has 2 aromatic rings. The lowest BCUT2D eigenvalue weighted by Gasteiger charge is -2.21. The Morgan fingerprint density at radius 1 is 0.967 bits per heavy atom. The maximum absolute atomic E-state index is 12.7. The number of ether oxygens (including phenoxy) is 2. The average Bonchev–Trinajstić information content (AvgIpc) is 3.23. The van der Waals surface area contributed by atoms with Crippen LogP contribution in [0.4, 0.5) is 11.4 Å². The van der Waals surface area contributed by atoms with Gasteiger partial charge in [0.05, 0.1) is 0 Å². The van der Waals surface area contributed by atoms with Crippen LogP contribution in [0.5, 0.6) is 11.5 Å². The number of rotatable bonds is 6. The molecule has 0 saturated heterocycles. The van der Waals surface area contributed by atoms with Crippen molar-refractivity contribution >= 4 is 23.2 Å². The normalized spacial score (nSPS) is 15.6. The second kappa shape index (κ2) is 9.20. The summed E-state index contributed by atoms with van der Waals surface area (Å²) in [4.78, 5) is 25.1. The van der Waals surface area contributed by atoms with Crippen LogP contribution in [0.3, 0.4) is 0 Å². The summed E-state index contributed by atoms with van der Waals surface area (Å²) in [5, 5.41) is 5.90. The van der Waals surface area contributed by atoms with Gasteiger partial charge >= 0.3 is 0 Å². The summed E-state index contributed by atoms with van der Waals surface area (Å²) < 4.78 is 10.6. The molecule has 2 aliphatic rings. The highest BCUT2D eigenvalue weighted by Crippen LogP contribution is 2.33. The molecule has 1 saturated carbocycles. The van der Waals surface area contributed by atoms with E-state index in [0.717, 1.165) is 12.0 Å². The number of carbonyl (C=O) groups is 2. The predicted octanol–water partition coefficient (Wildman–Crippen LogP) is 5.28. The lowest BCUT2D eigenvalue weighted by molar-refractivity contribution is -0.116. The minimum Gasteiger partial charge on any atom is -0.454 e. The molecule has 1 fully saturated rings. The zero-order valence-electron chi connectivity index (χ0n) is 17.3. The Labute approximate surface area is 177 Å². The van der Waals surface area contributed by atoms with E-state index in [9.17, 15) is 9.59 Å². The van der Waals surface area contributed by atoms with Crippen molar-refractivity contribution in [3.8, 4) is 11.5 Å². The van der Waals surface area contributed by atoms with E-state index in [4.69, 9.17) is 9.47 Å². The van der Waals surface area contributed by atoms with E-state index in [1.165, 1.54) is 32.1 Å². The van der Waals surface area contributed by atoms with Crippen molar-refractivity contribution in [3.63, 3.8) is 0 Å². The van der Waals surface area contributed by atoms with Gasteiger partial charge in [-0.1, -0.05) is 38.2 Å². The Hall–Kier alpha value is -3.02. The summed E-state index contributed by atoms with van der Waals surface area (Å²) in [6.45, 7) is 2.09. The molecular weight excluding hydrogens is 380 g/mol. The van der Waals surface area contributed by atoms with Crippen LogP contribution in [0, 0.1) is 12.8 Å². The monoisotopic (exact) mass is 408 g/mol. The lowest BCUT2D eigenvalue weighted by Crippen LogP contribution is -2.16. The molecule has 0 aromatic heterocycles. The Morgan fingerprint density at radius 3 is 2.60 bits per heavy atom. The van der Waals surface area contributed by atoms with Crippen LogP contribution in [0.1, 0.15) is 60.9 Å². The van der Waals surface area contributed by atoms with E-state index in [-0.39, 0.29) is 18.6 Å². The molecule has 0 spiro atoms. The van der Waals surface area contributed by atoms with Gasteiger partial charge in [-0.2, -0.15) is 0 Å². The second-order valence-corrected chi connectivity index (χ2v) is 8.14. The van der Waals surface area contributed by atoms with Crippen molar-refractivity contribution in [1.82, 2.24) is 0 Å². The van der Waals surface area contributed by atoms with Gasteiger partial charge in [0.25, 0.3) is 5.91 Å². The third-order valence-electron chi connectivity index (χ3n) is 5.91. The minimum atomic E-state index is -0.239. The molecule has 158 valence electrons. The highest BCUT2D eigenvalue weighted by molar-refractivity contribution is 6.05. The predicted molar refractivity (Wildman–Crippen MR) is 116 cm³/mol. The number of hydrogen-bond donors (Lipinski definition) is 2. The SMILES string of the molecule is Cc1ccc(NC(=O)CCC2CCCCC2)cc1NC(=O)c1ccc2c(c1)OCO2. The quantitative estimate of drug-likeness (QED) is 0.682. The van der Waals surface area contributed by atoms with Crippen LogP contribution in [0.15, 0.2) is 36.4 Å². The van der Waals surface area contributed by atoms with E-state index >= 15 is 0 Å². The van der Waals surface area contributed by atoms with Crippen molar-refractivity contribution in [2.24, 2.45) is 5.92 Å². The number of benzene rings is 2. The van der Waals surface area contributed by atoms with Gasteiger partial charge < -0.3 is 20.1 Å². The molecule has 30 heavy (non-hydrogen) atoms. The zero-order valence-corrected chi connectivity index (χ0v) is 17.3. The van der Waals surface area contributed by atoms with Gasteiger partial charge in [-0.25, -0.2) is 0 Å². The van der Waals surface area contributed by atoms with Gasteiger partial charge in [0.2, 0.25) is 12.7 Å². The summed E-state index contributed by atoms with van der Waals surface area (Å²) in [6, 6.07) is 10.7. The van der Waals surface area contributed by atoms with Gasteiger partial charge in [-0.05, 0) is 55.2 Å². The second-order valence-electron chi connectivity index (χ2n) is 8.14. The van der Waals surface area contributed by atoms with E-state index in [0.29, 0.717) is 40.8 Å². The van der Waals surface area contributed by atoms with Crippen LogP contribution in [-0.4, -0.2) is 18.6 Å². The fourth-order valence-corrected chi connectivity index (χ4v) is 4.10. The molecule has 2 amide bonds. The smallest absolute Gasteiger partial charge is 0.255 e. The Balaban J connectivity index is 1.36. The van der Waals surface area contributed by atoms with E-state index < -0.39 is 0 Å². The number of carbonyl (C=O) groups excluding carboxylic acids is 2. The van der Waals surface area contributed by atoms with Gasteiger partial charge in [-0.15, -0.1) is 0 Å². The standard InChI is InChI=1S/C24H28N2O4/c1-16-7-10-19(25-23(27)12-8-17-5-3-2-4-6-17)14-20(16)26-24(28)18-9-11-21-22(13-18)30-15-29-21/h7,9-11,13-14,17H,2-6,8,12,15H2,1H3,(H,25,27)(H,26,28). The van der Waals surface area contributed by atoms with Crippen LogP contribution in [0.2, 0.25) is 0 Å². The van der Waals surface area contributed by atoms with Crippen molar-refractivity contribution in [3.05, 3.63) is 47.5 Å². The third-order valence-corrected chi connectivity index (χ3v) is 5.91. The Morgan fingerprint density at radius 2 is 1.77 bits per heavy atom. The Bertz CT molecular complexity index is 935. The van der Waals surface area contributed by atoms with Crippen LogP contribution in [0.25, 0.3) is 0 Å². The number of aryl methyl sites for hydroxylation is 1. The maximum atomic E-state index is 12.7. The first kappa shape index (κ1) is 20.3. The highest BCUT2D eigenvalue weighted by Gasteiger charge is 2.18. The fourth-order valence-electron chi connectivity index (χ4n) is 4.10. The molecule has 6 heteroatoms. The van der Waals surface area contributed by atoms with Gasteiger partial charge in [-0.3, -0.25) is 9.59 Å². The average molecular weight is 408 g/mol. The number of nitrogens with one attached hydrogen (secondary N) is 2. The molecule has 2 aromatic carbocycles. The van der Waals surface area contributed by atoms with Gasteiger partial charge in [0, 0.05) is 23.4 Å². The molecule has 6 nitrogen and oxygen atoms in total. The van der Waals surface area contributed by atoms with E-state index in [2.05, 4.69) is 10.6 Å². The molecule has 2 N–H and O–H groups in total. The van der Waals surface area contributed by atoms with Crippen molar-refractivity contribution in [2.75, 3.05) is 17.4 Å².